The van der Waals surface area contributed by atoms with E-state index in [2.05, 4.69) is 12.2 Å². The number of anilines is 1. The van der Waals surface area contributed by atoms with Crippen molar-refractivity contribution in [3.05, 3.63) is 59.7 Å². The molecule has 1 amide bonds. The number of nitrogens with two attached hydrogens (primary N) is 1. The molecule has 21 heavy (non-hydrogen) atoms. The van der Waals surface area contributed by atoms with E-state index in [0.717, 1.165) is 23.4 Å². The van der Waals surface area contributed by atoms with Crippen molar-refractivity contribution in [3.63, 3.8) is 0 Å². The van der Waals surface area contributed by atoms with E-state index in [0.29, 0.717) is 18.7 Å². The van der Waals surface area contributed by atoms with Gasteiger partial charge < -0.3 is 15.8 Å². The van der Waals surface area contributed by atoms with Gasteiger partial charge in [-0.2, -0.15) is 0 Å². The number of benzene rings is 2. The molecule has 4 nitrogen and oxygen atoms in total. The van der Waals surface area contributed by atoms with Crippen molar-refractivity contribution in [2.24, 2.45) is 5.73 Å². The molecule has 0 spiro atoms. The van der Waals surface area contributed by atoms with Crippen LogP contribution in [0.2, 0.25) is 0 Å². The Morgan fingerprint density at radius 1 is 1.19 bits per heavy atom. The third-order valence-electron chi connectivity index (χ3n) is 3.02. The van der Waals surface area contributed by atoms with E-state index in [9.17, 15) is 4.79 Å². The fourth-order valence-corrected chi connectivity index (χ4v) is 1.95. The summed E-state index contributed by atoms with van der Waals surface area (Å²) in [5, 5.41) is 3.31. The number of primary amides is 1. The monoisotopic (exact) mass is 284 g/mol. The van der Waals surface area contributed by atoms with Crippen LogP contribution >= 0.6 is 0 Å². The van der Waals surface area contributed by atoms with Gasteiger partial charge in [0.15, 0.2) is 0 Å². The molecule has 0 saturated heterocycles. The van der Waals surface area contributed by atoms with Crippen LogP contribution in [0.25, 0.3) is 0 Å². The van der Waals surface area contributed by atoms with Crippen molar-refractivity contribution >= 4 is 11.6 Å². The summed E-state index contributed by atoms with van der Waals surface area (Å²) in [6.45, 7) is 3.41. The molecule has 0 radical (unpaired) electrons. The van der Waals surface area contributed by atoms with E-state index < -0.39 is 5.91 Å². The minimum Gasteiger partial charge on any atom is -0.494 e. The van der Waals surface area contributed by atoms with Crippen LogP contribution in [0.4, 0.5) is 5.69 Å². The van der Waals surface area contributed by atoms with E-state index in [1.54, 1.807) is 12.1 Å². The highest BCUT2D eigenvalue weighted by Crippen LogP contribution is 2.18. The highest BCUT2D eigenvalue weighted by atomic mass is 16.5. The zero-order valence-electron chi connectivity index (χ0n) is 12.1. The average Bonchev–Trinajstić information content (AvgIpc) is 2.51. The van der Waals surface area contributed by atoms with Gasteiger partial charge in [0.25, 0.3) is 0 Å². The Labute approximate surface area is 124 Å². The smallest absolute Gasteiger partial charge is 0.248 e. The van der Waals surface area contributed by atoms with E-state index in [-0.39, 0.29) is 0 Å². The molecule has 2 rings (SSSR count). The van der Waals surface area contributed by atoms with E-state index in [1.165, 1.54) is 0 Å². The van der Waals surface area contributed by atoms with Gasteiger partial charge in [0, 0.05) is 23.9 Å². The molecule has 0 fully saturated rings. The van der Waals surface area contributed by atoms with Gasteiger partial charge in [-0.1, -0.05) is 25.1 Å². The quantitative estimate of drug-likeness (QED) is 0.820. The standard InChI is InChI=1S/C17H20N2O2/c1-2-9-21-16-8-4-7-15(11-16)19-12-13-5-3-6-14(10-13)17(18)20/h3-8,10-11,19H,2,9,12H2,1H3,(H2,18,20). The summed E-state index contributed by atoms with van der Waals surface area (Å²) >= 11 is 0. The maximum atomic E-state index is 11.2. The second-order valence-electron chi connectivity index (χ2n) is 4.79. The van der Waals surface area contributed by atoms with Gasteiger partial charge in [-0.15, -0.1) is 0 Å². The Kier molecular flexibility index (Phi) is 5.21. The first kappa shape index (κ1) is 14.9. The lowest BCUT2D eigenvalue weighted by Crippen LogP contribution is -2.11. The second kappa shape index (κ2) is 7.33. The Bertz CT molecular complexity index is 611. The molecule has 110 valence electrons. The van der Waals surface area contributed by atoms with Gasteiger partial charge in [0.2, 0.25) is 5.91 Å². The van der Waals surface area contributed by atoms with Gasteiger partial charge in [-0.3, -0.25) is 4.79 Å². The molecule has 4 heteroatoms. The van der Waals surface area contributed by atoms with Crippen molar-refractivity contribution in [1.82, 2.24) is 0 Å². The van der Waals surface area contributed by atoms with Crippen LogP contribution in [0.15, 0.2) is 48.5 Å². The van der Waals surface area contributed by atoms with Crippen LogP contribution < -0.4 is 15.8 Å². The van der Waals surface area contributed by atoms with E-state index in [1.807, 2.05) is 36.4 Å². The molecule has 0 bridgehead atoms. The highest BCUT2D eigenvalue weighted by Gasteiger charge is 2.02. The first-order valence-corrected chi connectivity index (χ1v) is 7.04. The van der Waals surface area contributed by atoms with Crippen molar-refractivity contribution in [1.29, 1.82) is 0 Å². The predicted molar refractivity (Wildman–Crippen MR) is 84.5 cm³/mol. The lowest BCUT2D eigenvalue weighted by Gasteiger charge is -2.10. The van der Waals surface area contributed by atoms with Crippen LogP contribution in [0.3, 0.4) is 0 Å². The maximum Gasteiger partial charge on any atom is 0.248 e. The molecule has 0 aliphatic heterocycles. The zero-order chi connectivity index (χ0) is 15.1. The first-order valence-electron chi connectivity index (χ1n) is 7.04. The van der Waals surface area contributed by atoms with Gasteiger partial charge in [-0.25, -0.2) is 0 Å². The molecule has 2 aromatic rings. The van der Waals surface area contributed by atoms with E-state index >= 15 is 0 Å². The lowest BCUT2D eigenvalue weighted by molar-refractivity contribution is 0.1000. The number of carbonyl (C=O) groups excluding carboxylic acids is 1. The summed E-state index contributed by atoms with van der Waals surface area (Å²) < 4.78 is 5.60. The van der Waals surface area contributed by atoms with Crippen molar-refractivity contribution < 1.29 is 9.53 Å². The van der Waals surface area contributed by atoms with Crippen LogP contribution in [0, 0.1) is 0 Å². The lowest BCUT2D eigenvalue weighted by atomic mass is 10.1. The maximum absolute atomic E-state index is 11.2. The molecule has 2 aromatic carbocycles. The van der Waals surface area contributed by atoms with Crippen LogP contribution in [0.1, 0.15) is 29.3 Å². The Balaban J connectivity index is 1.99. The number of rotatable bonds is 7. The minimum absolute atomic E-state index is 0.410. The van der Waals surface area contributed by atoms with Gasteiger partial charge in [0.1, 0.15) is 5.75 Å². The molecular formula is C17H20N2O2. The Hall–Kier alpha value is -2.49. The van der Waals surface area contributed by atoms with Gasteiger partial charge in [0.05, 0.1) is 6.61 Å². The predicted octanol–water partition coefficient (Wildman–Crippen LogP) is 3.19. The Morgan fingerprint density at radius 3 is 2.76 bits per heavy atom. The molecule has 0 unspecified atom stereocenters. The molecule has 0 aromatic heterocycles. The summed E-state index contributed by atoms with van der Waals surface area (Å²) in [6.07, 6.45) is 0.984. The number of hydrogen-bond donors (Lipinski definition) is 2. The average molecular weight is 284 g/mol. The summed E-state index contributed by atoms with van der Waals surface area (Å²) in [7, 11) is 0. The number of amides is 1. The van der Waals surface area contributed by atoms with Crippen molar-refractivity contribution in [2.75, 3.05) is 11.9 Å². The number of ether oxygens (including phenoxy) is 1. The van der Waals surface area contributed by atoms with Gasteiger partial charge in [-0.05, 0) is 36.2 Å². The fraction of sp³-hybridized carbons (Fsp3) is 0.235. The highest BCUT2D eigenvalue weighted by molar-refractivity contribution is 5.92. The summed E-state index contributed by atoms with van der Waals surface area (Å²) in [4.78, 5) is 11.2. The Morgan fingerprint density at radius 2 is 2.00 bits per heavy atom. The first-order chi connectivity index (χ1) is 10.2. The van der Waals surface area contributed by atoms with Crippen molar-refractivity contribution in [3.8, 4) is 5.75 Å². The van der Waals surface area contributed by atoms with Crippen LogP contribution in [-0.4, -0.2) is 12.5 Å². The summed E-state index contributed by atoms with van der Waals surface area (Å²) in [5.41, 5.74) is 7.79. The molecular weight excluding hydrogens is 264 g/mol. The summed E-state index contributed by atoms with van der Waals surface area (Å²) in [5.74, 6) is 0.444. The molecule has 0 saturated carbocycles. The third-order valence-corrected chi connectivity index (χ3v) is 3.02. The molecule has 0 aliphatic carbocycles. The topological polar surface area (TPSA) is 64.3 Å². The SMILES string of the molecule is CCCOc1cccc(NCc2cccc(C(N)=O)c2)c1. The minimum atomic E-state index is -0.410. The molecule has 3 N–H and O–H groups in total. The molecule has 0 heterocycles. The summed E-state index contributed by atoms with van der Waals surface area (Å²) in [6, 6.07) is 15.1. The molecule has 0 aliphatic rings. The fourth-order valence-electron chi connectivity index (χ4n) is 1.95. The number of carbonyl (C=O) groups is 1. The zero-order valence-corrected chi connectivity index (χ0v) is 12.1. The van der Waals surface area contributed by atoms with E-state index in [4.69, 9.17) is 10.5 Å². The number of hydrogen-bond acceptors (Lipinski definition) is 3. The van der Waals surface area contributed by atoms with Crippen LogP contribution in [0.5, 0.6) is 5.75 Å². The van der Waals surface area contributed by atoms with Gasteiger partial charge >= 0.3 is 0 Å². The van der Waals surface area contributed by atoms with Crippen LogP contribution in [-0.2, 0) is 6.54 Å². The normalized spacial score (nSPS) is 10.1. The second-order valence-corrected chi connectivity index (χ2v) is 4.79. The van der Waals surface area contributed by atoms with Crippen molar-refractivity contribution in [2.45, 2.75) is 19.9 Å². The third kappa shape index (κ3) is 4.53. The molecule has 0 atom stereocenters. The number of nitrogens with one attached hydrogen (secondary N) is 1. The largest absolute Gasteiger partial charge is 0.494 e.